The Morgan fingerprint density at radius 1 is 0.568 bits per heavy atom. The molecule has 7 N–H and O–H groups in total. The Morgan fingerprint density at radius 2 is 0.955 bits per heavy atom. The average molecular weight is 1950 g/mol. The molecule has 3 atom stereocenters. The van der Waals surface area contributed by atoms with E-state index in [0.29, 0.717) is 102 Å². The minimum Gasteiger partial charge on any atom is -0.497 e. The number of nitrogen functional groups attached to an aromatic ring is 1. The van der Waals surface area contributed by atoms with Gasteiger partial charge in [0.15, 0.2) is 28.8 Å². The number of methoxy groups -OCH3 is 2. The van der Waals surface area contributed by atoms with Crippen molar-refractivity contribution in [1.82, 2.24) is 73.1 Å². The molecule has 6 aromatic heterocycles. The third-order valence-corrected chi connectivity index (χ3v) is 23.2. The van der Waals surface area contributed by atoms with E-state index in [9.17, 15) is 47.3 Å². The quantitative estimate of drug-likeness (QED) is 0.0197. The lowest BCUT2D eigenvalue weighted by molar-refractivity contribution is -0.107. The maximum Gasteiger partial charge on any atom is 0.410 e. The van der Waals surface area contributed by atoms with Crippen molar-refractivity contribution >= 4 is 136 Å². The molecule has 29 nitrogen and oxygen atoms in total. The number of nitrogens with two attached hydrogens (primary N) is 2. The lowest BCUT2D eigenvalue weighted by Crippen LogP contribution is -2.35. The summed E-state index contributed by atoms with van der Waals surface area (Å²) in [6, 6.07) is 23.8. The maximum absolute atomic E-state index is 15.5. The van der Waals surface area contributed by atoms with Crippen LogP contribution in [0, 0.1) is 92.7 Å². The number of nitriles is 2. The van der Waals surface area contributed by atoms with Gasteiger partial charge in [-0.2, -0.15) is 52.8 Å². The molecule has 0 bridgehead atoms. The van der Waals surface area contributed by atoms with Gasteiger partial charge in [0.25, 0.3) is 5.91 Å². The largest absolute Gasteiger partial charge is 0.497 e. The number of carbonyl (C=O) groups excluding carboxylic acids is 4. The van der Waals surface area contributed by atoms with Gasteiger partial charge >= 0.3 is 12.2 Å². The number of halogens is 8. The molecular weight excluding hydrogens is 1850 g/mol. The first kappa shape index (κ1) is 100. The van der Waals surface area contributed by atoms with Crippen LogP contribution in [0.15, 0.2) is 103 Å². The van der Waals surface area contributed by atoms with Crippen LogP contribution in [0.1, 0.15) is 196 Å². The highest BCUT2D eigenvalue weighted by Gasteiger charge is 2.38. The molecule has 3 amide bonds. The predicted molar refractivity (Wildman–Crippen MR) is 505 cm³/mol. The minimum absolute atomic E-state index is 0. The number of nitrogens with one attached hydrogen (secondary N) is 3. The van der Waals surface area contributed by atoms with Crippen LogP contribution in [0.5, 0.6) is 11.5 Å². The van der Waals surface area contributed by atoms with E-state index < -0.39 is 82.5 Å². The Kier molecular flexibility index (Phi) is 32.1. The van der Waals surface area contributed by atoms with Gasteiger partial charge in [-0.25, -0.2) is 64.9 Å². The summed E-state index contributed by atoms with van der Waals surface area (Å²) in [5, 5.41) is 42.6. The summed E-state index contributed by atoms with van der Waals surface area (Å²) in [5.74, 6) is 10.4. The highest BCUT2D eigenvalue weighted by atomic mass is 79.9. The van der Waals surface area contributed by atoms with E-state index >= 15 is 8.78 Å². The molecule has 0 spiro atoms. The molecule has 9 heterocycles. The fraction of sp³-hybridized carbons (Fsp3) is 0.391. The van der Waals surface area contributed by atoms with Crippen molar-refractivity contribution in [3.8, 4) is 58.8 Å². The Morgan fingerprint density at radius 3 is 1.31 bits per heavy atom. The molecule has 3 saturated carbocycles. The fourth-order valence-corrected chi connectivity index (χ4v) is 15.6. The molecule has 40 heteroatoms. The number of fused-ring (bicyclic) bond motifs is 3. The van der Waals surface area contributed by atoms with Gasteiger partial charge in [0.1, 0.15) is 116 Å². The van der Waals surface area contributed by atoms with Crippen molar-refractivity contribution in [2.75, 3.05) is 69.9 Å². The molecule has 0 radical (unpaired) electrons. The highest BCUT2D eigenvalue weighted by molar-refractivity contribution is 9.10. The second kappa shape index (κ2) is 42.3. The number of anilines is 3. The summed E-state index contributed by atoms with van der Waals surface area (Å²) in [5.41, 5.74) is 16.5. The second-order valence-corrected chi connectivity index (χ2v) is 40.7. The van der Waals surface area contributed by atoms with E-state index in [0.717, 1.165) is 80.9 Å². The smallest absolute Gasteiger partial charge is 0.410 e. The van der Waals surface area contributed by atoms with Gasteiger partial charge in [-0.3, -0.25) is 9.59 Å². The molecule has 17 rings (SSSR count). The highest BCUT2D eigenvalue weighted by Crippen LogP contribution is 2.42. The normalized spacial score (nSPS) is 16.0. The maximum atomic E-state index is 15.5. The average Bonchev–Trinajstić information content (AvgIpc) is 1.62. The van der Waals surface area contributed by atoms with Crippen LogP contribution < -0.4 is 36.9 Å². The number of aromatic nitrogens is 12. The lowest BCUT2D eigenvalue weighted by atomic mass is 10.1. The standard InChI is InChI=1S/C33H33F2N7O3.C21H26BrN5O3.C20H19F2N7O.C15H16F2N2Si.C3H3ClO.2H2S/c1-33(2,3)45-32(43)40-14-13-22(18-40)42-31(37-17-20-5-9-23(44-4)10-6-20)25(16-36)27(39-42)12-11-24-26(34)15-28-30(29(24)35)38-19-41(28)21-7-8-21;1-21(2,3)30-20(28)26-10-9-15(13-26)27-19(17(11-23)18(22)25-27)24-12-14-5-7-16(29-4)8-6-14;21-13-7-15-18(26-9-28(15)10-1-2-10)17(22)12(13)3-4-14-16(20(24)30)19(23)29(27-14)11-5-6-25-8-11;1-20(2,3)7-6-11-12(16)8-13-15(14(11)17)18-9-19(13)10-4-5-10;1-2-3(4)5;;/h5-6,9-10,15,19,21-22,37H,7-8,13-14,17-18H2,1-4H3;5-8,15,24H,9-10,12-13H2,1-4H3;7,9-11,25H,1-2,5-6,8,23H2,(H2,24,30);8-10H,4-5H2,1-3H3;2H,1H2;2*1H2/t22-;15-;11-;;;;/m000..../s1. The van der Waals surface area contributed by atoms with Crippen LogP contribution >= 0.6 is 54.5 Å². The lowest BCUT2D eigenvalue weighted by Gasteiger charge is -2.24. The third kappa shape index (κ3) is 23.8. The summed E-state index contributed by atoms with van der Waals surface area (Å²) < 4.78 is 121. The Balaban J connectivity index is 0.000000172. The summed E-state index contributed by atoms with van der Waals surface area (Å²) in [6.07, 6.45) is 12.9. The molecular formula is C92H101BrClF6N21O8S2Si. The first-order valence-electron chi connectivity index (χ1n) is 42.1. The number of hydrogen-bond donors (Lipinski definition) is 5. The number of nitrogens with zero attached hydrogens (tertiary/aromatic N) is 16. The molecule has 6 fully saturated rings. The summed E-state index contributed by atoms with van der Waals surface area (Å²) in [6.45, 7) is 24.3. The number of likely N-dealkylation sites (tertiary alicyclic amines) is 2. The van der Waals surface area contributed by atoms with Crippen LogP contribution in [0.25, 0.3) is 33.1 Å². The number of rotatable bonds is 16. The molecule has 6 aliphatic rings. The number of benzene rings is 5. The Bertz CT molecular complexity index is 6470. The number of primary amides is 1. The van der Waals surface area contributed by atoms with Crippen molar-refractivity contribution < 1.29 is 64.5 Å². The van der Waals surface area contributed by atoms with Crippen molar-refractivity contribution in [1.29, 1.82) is 10.5 Å². The molecule has 3 saturated heterocycles. The van der Waals surface area contributed by atoms with Crippen LogP contribution in [0.3, 0.4) is 0 Å². The van der Waals surface area contributed by atoms with E-state index in [4.69, 9.17) is 42.0 Å². The molecule has 3 aliphatic carbocycles. The van der Waals surface area contributed by atoms with E-state index in [1.165, 1.54) is 35.5 Å². The second-order valence-electron chi connectivity index (χ2n) is 34.8. The van der Waals surface area contributed by atoms with Crippen molar-refractivity contribution in [2.24, 2.45) is 5.73 Å². The van der Waals surface area contributed by atoms with Gasteiger partial charge in [-0.05, 0) is 187 Å². The van der Waals surface area contributed by atoms with Crippen LogP contribution in [-0.4, -0.2) is 164 Å². The SMILES string of the molecule is C=CC(=O)Cl.COc1ccc(CNc2c(C#N)c(Br)nn2[C@H]2CCN(C(=O)OC(C)(C)C)C2)cc1.COc1ccc(CNc2c(C#N)c(C#Cc3c(F)cc4c(ncn4C4CC4)c3F)nn2[C@H]2CCN(C(=O)OC(C)(C)C)C2)cc1.C[Si](C)(C)C#Cc1c(F)cc2c(ncn2C2CC2)c1F.NC(=O)c1c(C#Cc2c(F)cc3c(ncn3C3CC3)c2F)nn([C@H]2CCNC2)c1N.S.S. The van der Waals surface area contributed by atoms with Gasteiger partial charge in [0, 0.05) is 82.1 Å². The van der Waals surface area contributed by atoms with Crippen LogP contribution in [0.2, 0.25) is 19.6 Å². The molecule has 694 valence electrons. The number of ether oxygens (including phenoxy) is 4. The van der Waals surface area contributed by atoms with Gasteiger partial charge in [0.05, 0.1) is 84.6 Å². The first-order chi connectivity index (χ1) is 61.9. The fourth-order valence-electron chi connectivity index (χ4n) is 14.7. The van der Waals surface area contributed by atoms with Gasteiger partial charge in [0.2, 0.25) is 5.24 Å². The number of hydrogen-bond acceptors (Lipinski definition) is 20. The summed E-state index contributed by atoms with van der Waals surface area (Å²) in [4.78, 5) is 62.2. The number of imidazole rings is 3. The van der Waals surface area contributed by atoms with Gasteiger partial charge in [-0.1, -0.05) is 68.2 Å². The van der Waals surface area contributed by atoms with E-state index in [1.54, 1.807) is 69.6 Å². The van der Waals surface area contributed by atoms with Crippen molar-refractivity contribution in [3.05, 3.63) is 194 Å². The number of allylic oxidation sites excluding steroid dienone is 1. The zero-order chi connectivity index (χ0) is 93.5. The molecule has 11 aromatic rings. The zero-order valence-electron chi connectivity index (χ0n) is 74.5. The molecule has 5 aromatic carbocycles. The first-order valence-corrected chi connectivity index (χ1v) is 46.8. The van der Waals surface area contributed by atoms with E-state index in [-0.39, 0.29) is 114 Å². The van der Waals surface area contributed by atoms with E-state index in [1.807, 2.05) is 93.5 Å². The minimum atomic E-state index is -1.68. The zero-order valence-corrected chi connectivity index (χ0v) is 79.8. The van der Waals surface area contributed by atoms with Crippen LogP contribution in [-0.2, 0) is 27.4 Å². The summed E-state index contributed by atoms with van der Waals surface area (Å²) in [7, 11) is 1.54. The topological polar surface area (TPSA) is 354 Å². The summed E-state index contributed by atoms with van der Waals surface area (Å²) >= 11 is 8.09. The van der Waals surface area contributed by atoms with Gasteiger partial charge in [-0.15, -0.1) is 5.54 Å². The molecule has 0 unspecified atom stereocenters. The van der Waals surface area contributed by atoms with Crippen molar-refractivity contribution in [3.63, 3.8) is 0 Å². The number of carbonyl (C=O) groups is 4. The van der Waals surface area contributed by atoms with Gasteiger partial charge < -0.3 is 69.9 Å². The Labute approximate surface area is 787 Å². The van der Waals surface area contributed by atoms with Crippen LogP contribution in [0.4, 0.5) is 53.4 Å². The Hall–Kier alpha value is -12.6. The van der Waals surface area contributed by atoms with E-state index in [2.05, 4.69) is 116 Å². The molecule has 3 aliphatic heterocycles. The van der Waals surface area contributed by atoms with Crippen molar-refractivity contribution in [2.45, 2.75) is 180 Å². The third-order valence-electron chi connectivity index (χ3n) is 21.6. The molecule has 132 heavy (non-hydrogen) atoms. The number of amides is 3. The predicted octanol–water partition coefficient (Wildman–Crippen LogP) is 16.7. The monoisotopic (exact) mass is 1950 g/mol.